The molecule has 0 radical (unpaired) electrons. The van der Waals surface area contributed by atoms with Crippen molar-refractivity contribution in [2.75, 3.05) is 0 Å². The van der Waals surface area contributed by atoms with E-state index in [0.29, 0.717) is 26.8 Å². The zero-order valence-electron chi connectivity index (χ0n) is 11.4. The van der Waals surface area contributed by atoms with Gasteiger partial charge in [0.15, 0.2) is 0 Å². The van der Waals surface area contributed by atoms with E-state index in [-0.39, 0.29) is 18.0 Å². The number of alkyl halides is 3. The van der Waals surface area contributed by atoms with Gasteiger partial charge in [-0.2, -0.15) is 13.2 Å². The molecule has 0 unspecified atom stereocenters. The summed E-state index contributed by atoms with van der Waals surface area (Å²) in [7, 11) is 1.35. The minimum Gasteiger partial charge on any atom is -0.326 e. The molecule has 0 aromatic heterocycles. The minimum atomic E-state index is -4.97. The lowest BCUT2D eigenvalue weighted by atomic mass is 10.0. The number of hydrogen-bond donors (Lipinski definition) is 0. The van der Waals surface area contributed by atoms with Crippen molar-refractivity contribution >= 4 is 36.4 Å². The van der Waals surface area contributed by atoms with Gasteiger partial charge in [0.05, 0.1) is 4.90 Å². The molecule has 2 aromatic rings. The number of amides is 1. The monoisotopic (exact) mass is 363 g/mol. The number of nitrogens with zero attached hydrogens (tertiary/aromatic N) is 1. The first-order valence-electron chi connectivity index (χ1n) is 6.43. The lowest BCUT2D eigenvalue weighted by Gasteiger charge is -2.16. The smallest absolute Gasteiger partial charge is 0.326 e. The first-order valence-corrected chi connectivity index (χ1v) is 8.74. The molecule has 0 atom stereocenters. The zero-order chi connectivity index (χ0) is 17.0. The zero-order valence-corrected chi connectivity index (χ0v) is 13.0. The summed E-state index contributed by atoms with van der Waals surface area (Å²) >= 11 is 0. The van der Waals surface area contributed by atoms with Gasteiger partial charge in [0.25, 0.3) is 9.05 Å². The van der Waals surface area contributed by atoms with Crippen LogP contribution >= 0.6 is 10.7 Å². The third kappa shape index (κ3) is 2.76. The Bertz CT molecular complexity index is 925. The molecule has 0 N–H and O–H groups in total. The largest absolute Gasteiger partial charge is 0.471 e. The Morgan fingerprint density at radius 3 is 2.30 bits per heavy atom. The Morgan fingerprint density at radius 2 is 1.74 bits per heavy atom. The summed E-state index contributed by atoms with van der Waals surface area (Å²) in [6.07, 6.45) is -4.97. The molecule has 23 heavy (non-hydrogen) atoms. The Hall–Kier alpha value is -1.80. The Kier molecular flexibility index (Phi) is 3.57. The first kappa shape index (κ1) is 16.1. The lowest BCUT2D eigenvalue weighted by molar-refractivity contribution is -0.186. The Labute approximate surface area is 133 Å². The second-order valence-corrected chi connectivity index (χ2v) is 7.69. The lowest BCUT2D eigenvalue weighted by Crippen LogP contribution is -2.37. The fourth-order valence-electron chi connectivity index (χ4n) is 2.76. The van der Waals surface area contributed by atoms with E-state index in [9.17, 15) is 26.4 Å². The predicted molar refractivity (Wildman–Crippen MR) is 77.3 cm³/mol. The van der Waals surface area contributed by atoms with Crippen LogP contribution in [0.25, 0.3) is 10.8 Å². The molecule has 1 amide bonds. The van der Waals surface area contributed by atoms with E-state index in [2.05, 4.69) is 0 Å². The van der Waals surface area contributed by atoms with Crippen LogP contribution in [0.2, 0.25) is 0 Å². The van der Waals surface area contributed by atoms with E-state index in [1.54, 1.807) is 18.2 Å². The summed E-state index contributed by atoms with van der Waals surface area (Å²) in [5, 5.41) is 0.796. The molecule has 0 bridgehead atoms. The van der Waals surface area contributed by atoms with Gasteiger partial charge in [-0.25, -0.2) is 8.42 Å². The highest BCUT2D eigenvalue weighted by molar-refractivity contribution is 8.14. The average molecular weight is 364 g/mol. The Balaban J connectivity index is 2.18. The van der Waals surface area contributed by atoms with Crippen LogP contribution in [-0.4, -0.2) is 25.4 Å². The van der Waals surface area contributed by atoms with Gasteiger partial charge in [-0.05, 0) is 22.6 Å². The molecule has 9 heteroatoms. The minimum absolute atomic E-state index is 0.171. The van der Waals surface area contributed by atoms with Gasteiger partial charge in [-0.15, -0.1) is 0 Å². The molecule has 0 aliphatic carbocycles. The van der Waals surface area contributed by atoms with E-state index in [1.165, 1.54) is 12.1 Å². The number of carbonyl (C=O) groups is 1. The van der Waals surface area contributed by atoms with Gasteiger partial charge >= 0.3 is 12.1 Å². The maximum absolute atomic E-state index is 12.6. The van der Waals surface area contributed by atoms with Crippen molar-refractivity contribution in [2.45, 2.75) is 24.2 Å². The number of carbonyl (C=O) groups excluding carboxylic acids is 1. The topological polar surface area (TPSA) is 54.5 Å². The third-order valence-corrected chi connectivity index (χ3v) is 5.07. The highest BCUT2D eigenvalue weighted by atomic mass is 35.7. The number of halogens is 4. The molecule has 0 saturated carbocycles. The van der Waals surface area contributed by atoms with Crippen molar-refractivity contribution in [3.05, 3.63) is 41.5 Å². The van der Waals surface area contributed by atoms with Crippen molar-refractivity contribution in [1.82, 2.24) is 4.90 Å². The highest BCUT2D eigenvalue weighted by Gasteiger charge is 2.44. The van der Waals surface area contributed by atoms with Crippen molar-refractivity contribution in [1.29, 1.82) is 0 Å². The van der Waals surface area contributed by atoms with Crippen LogP contribution in [0, 0.1) is 0 Å². The first-order chi connectivity index (χ1) is 10.6. The molecular formula is C14H9ClF3NO3S. The fraction of sp³-hybridized carbons (Fsp3) is 0.214. The van der Waals surface area contributed by atoms with E-state index >= 15 is 0 Å². The molecule has 1 aliphatic rings. The summed E-state index contributed by atoms with van der Waals surface area (Å²) in [4.78, 5) is 11.9. The number of hydrogen-bond acceptors (Lipinski definition) is 3. The van der Waals surface area contributed by atoms with Crippen molar-refractivity contribution in [3.63, 3.8) is 0 Å². The van der Waals surface area contributed by atoms with Gasteiger partial charge in [0, 0.05) is 29.2 Å². The van der Waals surface area contributed by atoms with E-state index in [1.807, 2.05) is 0 Å². The summed E-state index contributed by atoms with van der Waals surface area (Å²) in [5.41, 5.74) is 0.850. The summed E-state index contributed by atoms with van der Waals surface area (Å²) in [6, 6.07) is 7.61. The van der Waals surface area contributed by atoms with Crippen LogP contribution in [0.3, 0.4) is 0 Å². The second-order valence-electron chi connectivity index (χ2n) is 5.15. The van der Waals surface area contributed by atoms with Crippen molar-refractivity contribution in [3.8, 4) is 0 Å². The normalized spacial score (nSPS) is 15.0. The van der Waals surface area contributed by atoms with Gasteiger partial charge in [0.2, 0.25) is 0 Å². The molecule has 122 valence electrons. The van der Waals surface area contributed by atoms with Gasteiger partial charge < -0.3 is 4.90 Å². The highest BCUT2D eigenvalue weighted by Crippen LogP contribution is 2.37. The van der Waals surface area contributed by atoms with Crippen LogP contribution in [0.5, 0.6) is 0 Å². The van der Waals surface area contributed by atoms with E-state index in [4.69, 9.17) is 10.7 Å². The third-order valence-electron chi connectivity index (χ3n) is 3.71. The fourth-order valence-corrected chi connectivity index (χ4v) is 3.87. The van der Waals surface area contributed by atoms with Gasteiger partial charge in [-0.1, -0.05) is 24.3 Å². The number of fused-ring (bicyclic) bond motifs is 3. The van der Waals surface area contributed by atoms with Crippen LogP contribution in [0.4, 0.5) is 13.2 Å². The molecule has 3 rings (SSSR count). The van der Waals surface area contributed by atoms with E-state index < -0.39 is 21.1 Å². The Morgan fingerprint density at radius 1 is 1.13 bits per heavy atom. The van der Waals surface area contributed by atoms with Crippen molar-refractivity contribution < 1.29 is 26.4 Å². The molecular weight excluding hydrogens is 355 g/mol. The summed E-state index contributed by atoms with van der Waals surface area (Å²) in [6.45, 7) is -0.533. The average Bonchev–Trinajstić information content (AvgIpc) is 2.87. The maximum atomic E-state index is 12.6. The van der Waals surface area contributed by atoms with Crippen LogP contribution in [0.15, 0.2) is 35.2 Å². The van der Waals surface area contributed by atoms with Crippen LogP contribution < -0.4 is 0 Å². The quantitative estimate of drug-likeness (QED) is 0.731. The molecule has 1 heterocycles. The number of rotatable bonds is 1. The standard InChI is InChI=1S/C14H9ClF3NO3S/c15-23(21,22)12-5-8-6-19(13(20)14(16,17)18)7-11(8)9-3-1-2-4-10(9)12/h1-5H,6-7H2. The second kappa shape index (κ2) is 5.10. The van der Waals surface area contributed by atoms with Gasteiger partial charge in [-0.3, -0.25) is 4.79 Å². The predicted octanol–water partition coefficient (Wildman–Crippen LogP) is 3.17. The molecule has 0 fully saturated rings. The SMILES string of the molecule is O=C(N1Cc2cc(S(=O)(=O)Cl)c3ccccc3c2C1)C(F)(F)F. The van der Waals surface area contributed by atoms with E-state index in [0.717, 1.165) is 0 Å². The molecule has 0 saturated heterocycles. The van der Waals surface area contributed by atoms with Crippen molar-refractivity contribution in [2.24, 2.45) is 0 Å². The molecule has 2 aromatic carbocycles. The maximum Gasteiger partial charge on any atom is 0.471 e. The number of benzene rings is 2. The van der Waals surface area contributed by atoms with Gasteiger partial charge in [0.1, 0.15) is 0 Å². The molecule has 0 spiro atoms. The molecule has 4 nitrogen and oxygen atoms in total. The summed E-state index contributed by atoms with van der Waals surface area (Å²) in [5.74, 6) is -1.95. The van der Waals surface area contributed by atoms with Crippen LogP contribution in [0.1, 0.15) is 11.1 Å². The van der Waals surface area contributed by atoms with Crippen LogP contribution in [-0.2, 0) is 26.9 Å². The molecule has 1 aliphatic heterocycles. The summed E-state index contributed by atoms with van der Waals surface area (Å²) < 4.78 is 61.2.